The maximum Gasteiger partial charge on any atom is 0.228 e. The third-order valence-electron chi connectivity index (χ3n) is 3.57. The molecule has 0 spiro atoms. The van der Waals surface area contributed by atoms with Crippen LogP contribution in [0.3, 0.4) is 0 Å². The average Bonchev–Trinajstić information content (AvgIpc) is 2.45. The van der Waals surface area contributed by atoms with Crippen LogP contribution in [-0.4, -0.2) is 35.6 Å². The summed E-state index contributed by atoms with van der Waals surface area (Å²) in [6.45, 7) is 7.50. The minimum Gasteiger partial charge on any atom is -0.392 e. The van der Waals surface area contributed by atoms with Crippen LogP contribution in [0.1, 0.15) is 38.0 Å². The maximum atomic E-state index is 12.4. The van der Waals surface area contributed by atoms with Gasteiger partial charge < -0.3 is 14.7 Å². The van der Waals surface area contributed by atoms with E-state index in [1.54, 1.807) is 0 Å². The van der Waals surface area contributed by atoms with E-state index in [4.69, 9.17) is 4.74 Å². The van der Waals surface area contributed by atoms with E-state index in [0.717, 1.165) is 11.1 Å². The Balaban J connectivity index is 2.17. The van der Waals surface area contributed by atoms with Crippen molar-refractivity contribution in [3.63, 3.8) is 0 Å². The predicted molar refractivity (Wildman–Crippen MR) is 77.1 cm³/mol. The zero-order chi connectivity index (χ0) is 14.8. The Hall–Kier alpha value is -1.39. The van der Waals surface area contributed by atoms with Crippen LogP contribution in [0.15, 0.2) is 24.3 Å². The first-order chi connectivity index (χ1) is 9.43. The van der Waals surface area contributed by atoms with E-state index >= 15 is 0 Å². The van der Waals surface area contributed by atoms with Gasteiger partial charge in [0.25, 0.3) is 0 Å². The fraction of sp³-hybridized carbons (Fsp3) is 0.562. The Morgan fingerprint density at radius 1 is 1.40 bits per heavy atom. The lowest BCUT2D eigenvalue weighted by Gasteiger charge is -2.37. The third-order valence-corrected chi connectivity index (χ3v) is 3.57. The molecule has 110 valence electrons. The molecular weight excluding hydrogens is 254 g/mol. The van der Waals surface area contributed by atoms with Crippen molar-refractivity contribution in [3.05, 3.63) is 35.4 Å². The van der Waals surface area contributed by atoms with Crippen molar-refractivity contribution in [2.24, 2.45) is 5.41 Å². The summed E-state index contributed by atoms with van der Waals surface area (Å²) < 4.78 is 5.79. The number of benzene rings is 1. The zero-order valence-electron chi connectivity index (χ0n) is 12.4. The summed E-state index contributed by atoms with van der Waals surface area (Å²) in [5, 5.41) is 9.42. The van der Waals surface area contributed by atoms with Crippen LogP contribution in [0.4, 0.5) is 0 Å². The van der Waals surface area contributed by atoms with Gasteiger partial charge in [-0.15, -0.1) is 0 Å². The first-order valence-corrected chi connectivity index (χ1v) is 7.03. The molecule has 1 aromatic carbocycles. The van der Waals surface area contributed by atoms with Crippen molar-refractivity contribution in [2.45, 2.75) is 33.5 Å². The molecule has 20 heavy (non-hydrogen) atoms. The molecule has 4 heteroatoms. The van der Waals surface area contributed by atoms with E-state index < -0.39 is 0 Å². The fourth-order valence-electron chi connectivity index (χ4n) is 2.49. The van der Waals surface area contributed by atoms with Gasteiger partial charge >= 0.3 is 0 Å². The summed E-state index contributed by atoms with van der Waals surface area (Å²) >= 11 is 0. The first-order valence-electron chi connectivity index (χ1n) is 7.03. The second-order valence-corrected chi connectivity index (χ2v) is 6.22. The van der Waals surface area contributed by atoms with Crippen molar-refractivity contribution >= 4 is 5.91 Å². The van der Waals surface area contributed by atoms with Gasteiger partial charge in [0, 0.05) is 12.0 Å². The molecule has 1 heterocycles. The van der Waals surface area contributed by atoms with E-state index in [2.05, 4.69) is 0 Å². The molecule has 1 N–H and O–H groups in total. The second kappa shape index (κ2) is 5.94. The van der Waals surface area contributed by atoms with Gasteiger partial charge in [0.05, 0.1) is 19.8 Å². The van der Waals surface area contributed by atoms with Crippen LogP contribution in [0.25, 0.3) is 0 Å². The maximum absolute atomic E-state index is 12.4. The number of carbonyl (C=O) groups excluding carboxylic acids is 1. The molecule has 1 saturated heterocycles. The topological polar surface area (TPSA) is 49.8 Å². The van der Waals surface area contributed by atoms with Crippen molar-refractivity contribution < 1.29 is 14.6 Å². The molecule has 1 atom stereocenters. The molecule has 1 aliphatic rings. The molecule has 0 bridgehead atoms. The number of amides is 1. The van der Waals surface area contributed by atoms with Gasteiger partial charge in [-0.1, -0.05) is 45.0 Å². The van der Waals surface area contributed by atoms with Crippen molar-refractivity contribution in [2.75, 3.05) is 19.7 Å². The highest BCUT2D eigenvalue weighted by molar-refractivity contribution is 5.81. The molecule has 1 aliphatic heterocycles. The highest BCUT2D eigenvalue weighted by atomic mass is 16.5. The minimum absolute atomic E-state index is 0.0107. The number of carbonyl (C=O) groups is 1. The molecule has 1 fully saturated rings. The number of hydrogen-bond donors (Lipinski definition) is 1. The number of nitrogens with zero attached hydrogens (tertiary/aromatic N) is 1. The number of hydrogen-bond acceptors (Lipinski definition) is 3. The standard InChI is InChI=1S/C16H23NO3/c1-16(2,3)15(19)17-8-9-20-14(10-17)13-7-5-4-6-12(13)11-18/h4-7,14,18H,8-11H2,1-3H3. The van der Waals surface area contributed by atoms with Crippen LogP contribution in [0.2, 0.25) is 0 Å². The Labute approximate surface area is 120 Å². The zero-order valence-corrected chi connectivity index (χ0v) is 12.4. The highest BCUT2D eigenvalue weighted by Crippen LogP contribution is 2.28. The largest absolute Gasteiger partial charge is 0.392 e. The molecular formula is C16H23NO3. The van der Waals surface area contributed by atoms with Gasteiger partial charge in [-0.05, 0) is 11.1 Å². The molecule has 1 unspecified atom stereocenters. The van der Waals surface area contributed by atoms with Gasteiger partial charge in [0.1, 0.15) is 6.10 Å². The van der Waals surface area contributed by atoms with Gasteiger partial charge in [-0.2, -0.15) is 0 Å². The lowest BCUT2D eigenvalue weighted by atomic mass is 9.93. The van der Waals surface area contributed by atoms with Crippen molar-refractivity contribution in [3.8, 4) is 0 Å². The molecule has 0 radical (unpaired) electrons. The highest BCUT2D eigenvalue weighted by Gasteiger charge is 2.32. The summed E-state index contributed by atoms with van der Waals surface area (Å²) in [6.07, 6.45) is -0.154. The Morgan fingerprint density at radius 2 is 2.10 bits per heavy atom. The van der Waals surface area contributed by atoms with Crippen molar-refractivity contribution in [1.29, 1.82) is 0 Å². The summed E-state index contributed by atoms with van der Waals surface area (Å²) in [7, 11) is 0. The second-order valence-electron chi connectivity index (χ2n) is 6.22. The van der Waals surface area contributed by atoms with E-state index in [1.807, 2.05) is 49.9 Å². The molecule has 4 nitrogen and oxygen atoms in total. The monoisotopic (exact) mass is 277 g/mol. The number of rotatable bonds is 2. The molecule has 1 amide bonds. The van der Waals surface area contributed by atoms with Crippen LogP contribution in [0, 0.1) is 5.41 Å². The summed E-state index contributed by atoms with van der Waals surface area (Å²) in [5.74, 6) is 0.146. The fourth-order valence-corrected chi connectivity index (χ4v) is 2.49. The third kappa shape index (κ3) is 3.19. The number of aliphatic hydroxyl groups excluding tert-OH is 1. The summed E-state index contributed by atoms with van der Waals surface area (Å²) in [4.78, 5) is 14.2. The molecule has 0 aromatic heterocycles. The Kier molecular flexibility index (Phi) is 4.45. The smallest absolute Gasteiger partial charge is 0.228 e. The molecule has 0 aliphatic carbocycles. The Morgan fingerprint density at radius 3 is 2.75 bits per heavy atom. The quantitative estimate of drug-likeness (QED) is 0.901. The summed E-state index contributed by atoms with van der Waals surface area (Å²) in [6, 6.07) is 7.68. The average molecular weight is 277 g/mol. The van der Waals surface area contributed by atoms with Crippen LogP contribution < -0.4 is 0 Å². The van der Waals surface area contributed by atoms with E-state index in [0.29, 0.717) is 19.7 Å². The minimum atomic E-state index is -0.377. The molecule has 2 rings (SSSR count). The van der Waals surface area contributed by atoms with Gasteiger partial charge in [-0.3, -0.25) is 4.79 Å². The normalized spacial score (nSPS) is 20.0. The SMILES string of the molecule is CC(C)(C)C(=O)N1CCOC(c2ccccc2CO)C1. The lowest BCUT2D eigenvalue weighted by Crippen LogP contribution is -2.47. The number of aliphatic hydroxyl groups is 1. The van der Waals surface area contributed by atoms with Crippen LogP contribution >= 0.6 is 0 Å². The van der Waals surface area contributed by atoms with Crippen molar-refractivity contribution in [1.82, 2.24) is 4.90 Å². The molecule has 1 aromatic rings. The number of ether oxygens (including phenoxy) is 1. The van der Waals surface area contributed by atoms with Crippen LogP contribution in [0.5, 0.6) is 0 Å². The summed E-state index contributed by atoms with van der Waals surface area (Å²) in [5.41, 5.74) is 1.46. The van der Waals surface area contributed by atoms with E-state index in [1.165, 1.54) is 0 Å². The van der Waals surface area contributed by atoms with Crippen LogP contribution in [-0.2, 0) is 16.1 Å². The molecule has 0 saturated carbocycles. The number of morpholine rings is 1. The predicted octanol–water partition coefficient (Wildman–Crippen LogP) is 2.12. The lowest BCUT2D eigenvalue weighted by molar-refractivity contribution is -0.147. The van der Waals surface area contributed by atoms with Gasteiger partial charge in [0.2, 0.25) is 5.91 Å². The van der Waals surface area contributed by atoms with Gasteiger partial charge in [0.15, 0.2) is 0 Å². The first kappa shape index (κ1) is 15.0. The Bertz CT molecular complexity index is 479. The van der Waals surface area contributed by atoms with E-state index in [9.17, 15) is 9.90 Å². The van der Waals surface area contributed by atoms with E-state index in [-0.39, 0.29) is 24.0 Å². The van der Waals surface area contributed by atoms with Gasteiger partial charge in [-0.25, -0.2) is 0 Å².